The van der Waals surface area contributed by atoms with Crippen LogP contribution >= 0.6 is 11.8 Å². The van der Waals surface area contributed by atoms with Crippen LogP contribution in [-0.2, 0) is 10.9 Å². The average Bonchev–Trinajstić information content (AvgIpc) is 3.27. The Labute approximate surface area is 200 Å². The van der Waals surface area contributed by atoms with E-state index in [1.165, 1.54) is 12.3 Å². The quantitative estimate of drug-likeness (QED) is 0.533. The van der Waals surface area contributed by atoms with E-state index in [4.69, 9.17) is 10.5 Å². The monoisotopic (exact) mass is 492 g/mol. The maximum absolute atomic E-state index is 13.4. The molecule has 0 radical (unpaired) electrons. The van der Waals surface area contributed by atoms with Crippen LogP contribution in [0, 0.1) is 5.41 Å². The average molecular weight is 493 g/mol. The number of nitrogens with two attached hydrogens (primary N) is 1. The van der Waals surface area contributed by atoms with Crippen molar-refractivity contribution in [1.29, 1.82) is 0 Å². The van der Waals surface area contributed by atoms with Crippen molar-refractivity contribution in [2.75, 3.05) is 36.9 Å². The normalized spacial score (nSPS) is 17.6. The molecule has 2 aliphatic rings. The fourth-order valence-corrected chi connectivity index (χ4v) is 5.23. The highest BCUT2D eigenvalue weighted by atomic mass is 32.2. The van der Waals surface area contributed by atoms with E-state index in [9.17, 15) is 13.2 Å². The lowest BCUT2D eigenvalue weighted by Crippen LogP contribution is -2.40. The van der Waals surface area contributed by atoms with E-state index in [1.807, 2.05) is 13.8 Å². The molecule has 11 heteroatoms. The molecule has 2 saturated heterocycles. The zero-order valence-electron chi connectivity index (χ0n) is 19.1. The molecule has 0 aliphatic carbocycles. The van der Waals surface area contributed by atoms with Gasteiger partial charge in [0.1, 0.15) is 27.7 Å². The van der Waals surface area contributed by atoms with Crippen LogP contribution in [0.25, 0.3) is 11.2 Å². The highest BCUT2D eigenvalue weighted by Gasteiger charge is 2.38. The number of ether oxygens (including phenoxy) is 1. The van der Waals surface area contributed by atoms with Crippen molar-refractivity contribution < 1.29 is 17.9 Å². The Morgan fingerprint density at radius 1 is 1.06 bits per heavy atom. The number of anilines is 2. The predicted molar refractivity (Wildman–Crippen MR) is 126 cm³/mol. The third-order valence-electron chi connectivity index (χ3n) is 6.14. The molecule has 182 valence electrons. The number of rotatable bonds is 3. The smallest absolute Gasteiger partial charge is 0.383 e. The first kappa shape index (κ1) is 24.5. The predicted octanol–water partition coefficient (Wildman–Crippen LogP) is 5.21. The Bertz CT molecular complexity index is 1140. The van der Waals surface area contributed by atoms with Crippen LogP contribution in [0.3, 0.4) is 0 Å². The Morgan fingerprint density at radius 3 is 2.50 bits per heavy atom. The number of piperidine rings is 1. The lowest BCUT2D eigenvalue weighted by molar-refractivity contribution is -0.139. The number of hydrogen-bond acceptors (Lipinski definition) is 8. The number of nitrogen functional groups attached to an aromatic ring is 1. The van der Waals surface area contributed by atoms with E-state index in [-0.39, 0.29) is 4.90 Å². The van der Waals surface area contributed by atoms with Gasteiger partial charge in [-0.1, -0.05) is 25.6 Å². The summed E-state index contributed by atoms with van der Waals surface area (Å²) in [5.74, 6) is 0.231. The Kier molecular flexibility index (Phi) is 7.13. The highest BCUT2D eigenvalue weighted by Crippen LogP contribution is 2.42. The van der Waals surface area contributed by atoms with Crippen molar-refractivity contribution >= 4 is 34.6 Å². The number of pyridine rings is 2. The number of nitrogens with zero attached hydrogens (tertiary/aromatic N) is 5. The maximum atomic E-state index is 13.4. The molecule has 0 bridgehead atoms. The molecule has 3 aromatic heterocycles. The maximum Gasteiger partial charge on any atom is 0.421 e. The summed E-state index contributed by atoms with van der Waals surface area (Å²) in [6, 6.07) is 4.65. The second-order valence-corrected chi connectivity index (χ2v) is 9.24. The highest BCUT2D eigenvalue weighted by molar-refractivity contribution is 7.99. The largest absolute Gasteiger partial charge is 0.421 e. The van der Waals surface area contributed by atoms with Gasteiger partial charge in [0.15, 0.2) is 5.65 Å². The molecule has 0 saturated carbocycles. The molecule has 5 rings (SSSR count). The second kappa shape index (κ2) is 9.91. The molecule has 2 aliphatic heterocycles. The molecule has 3 aromatic rings. The minimum Gasteiger partial charge on any atom is -0.383 e. The van der Waals surface area contributed by atoms with Crippen LogP contribution in [0.15, 0.2) is 40.5 Å². The summed E-state index contributed by atoms with van der Waals surface area (Å²) in [5, 5.41) is 0.372. The molecule has 34 heavy (non-hydrogen) atoms. The zero-order valence-corrected chi connectivity index (χ0v) is 19.9. The van der Waals surface area contributed by atoms with Gasteiger partial charge in [-0.25, -0.2) is 19.9 Å². The van der Waals surface area contributed by atoms with Gasteiger partial charge in [0.05, 0.1) is 12.8 Å². The first-order valence-corrected chi connectivity index (χ1v) is 12.1. The van der Waals surface area contributed by atoms with Crippen LogP contribution < -0.4 is 10.6 Å². The van der Waals surface area contributed by atoms with E-state index in [2.05, 4.69) is 24.8 Å². The molecule has 1 spiro atoms. The van der Waals surface area contributed by atoms with Gasteiger partial charge in [-0.3, -0.25) is 0 Å². The molecular formula is C23H27F3N6OS. The van der Waals surface area contributed by atoms with Crippen molar-refractivity contribution in [2.45, 2.75) is 49.2 Å². The minimum atomic E-state index is -4.61. The van der Waals surface area contributed by atoms with E-state index < -0.39 is 17.6 Å². The van der Waals surface area contributed by atoms with Gasteiger partial charge in [-0.05, 0) is 42.9 Å². The molecule has 0 atom stereocenters. The van der Waals surface area contributed by atoms with Crippen molar-refractivity contribution in [3.05, 3.63) is 36.2 Å². The lowest BCUT2D eigenvalue weighted by atomic mass is 9.78. The van der Waals surface area contributed by atoms with Gasteiger partial charge in [0.2, 0.25) is 0 Å². The third-order valence-corrected chi connectivity index (χ3v) is 7.14. The fraction of sp³-hybridized carbons (Fsp3) is 0.478. The van der Waals surface area contributed by atoms with Crippen molar-refractivity contribution in [3.8, 4) is 0 Å². The molecule has 2 N–H and O–H groups in total. The number of halogens is 3. The molecule has 0 unspecified atom stereocenters. The van der Waals surface area contributed by atoms with Gasteiger partial charge in [0.25, 0.3) is 0 Å². The minimum absolute atomic E-state index is 0.0560. The third kappa shape index (κ3) is 5.05. The first-order chi connectivity index (χ1) is 16.3. The zero-order chi connectivity index (χ0) is 24.3. The Balaban J connectivity index is 0.00000133. The topological polar surface area (TPSA) is 90.0 Å². The van der Waals surface area contributed by atoms with E-state index in [0.29, 0.717) is 21.6 Å². The summed E-state index contributed by atoms with van der Waals surface area (Å²) in [4.78, 5) is 19.2. The standard InChI is InChI=1S/C21H21F3N6OS.C2H6/c22-21(23,24)17-14(3-7-26-18(17)25)32-16-2-1-13-19(29-16)27-11-15(28-13)30-8-4-20(5-9-30)6-10-31-12-20;1-2/h1-3,7,11H,4-6,8-10,12H2,(H2,25,26);1-2H3. The second-order valence-electron chi connectivity index (χ2n) is 8.18. The number of hydrogen-bond donors (Lipinski definition) is 1. The van der Waals surface area contributed by atoms with E-state index in [1.54, 1.807) is 18.3 Å². The first-order valence-electron chi connectivity index (χ1n) is 11.3. The molecule has 7 nitrogen and oxygen atoms in total. The summed E-state index contributed by atoms with van der Waals surface area (Å²) in [5.41, 5.74) is 5.81. The SMILES string of the molecule is CC.Nc1nccc(Sc2ccc3nc(N4CCC5(CCOC5)CC4)cnc3n2)c1C(F)(F)F. The number of fused-ring (bicyclic) bond motifs is 1. The molecular weight excluding hydrogens is 465 g/mol. The number of alkyl halides is 3. The van der Waals surface area contributed by atoms with Gasteiger partial charge in [-0.15, -0.1) is 0 Å². The van der Waals surface area contributed by atoms with Gasteiger partial charge in [-0.2, -0.15) is 13.2 Å². The Hall–Kier alpha value is -2.66. The van der Waals surface area contributed by atoms with Gasteiger partial charge >= 0.3 is 6.18 Å². The van der Waals surface area contributed by atoms with Crippen molar-refractivity contribution in [2.24, 2.45) is 5.41 Å². The summed E-state index contributed by atoms with van der Waals surface area (Å²) in [6.45, 7) is 7.48. The van der Waals surface area contributed by atoms with Crippen LogP contribution in [0.4, 0.5) is 24.8 Å². The summed E-state index contributed by atoms with van der Waals surface area (Å²) < 4.78 is 45.8. The lowest BCUT2D eigenvalue weighted by Gasteiger charge is -2.38. The van der Waals surface area contributed by atoms with Gasteiger partial charge in [0, 0.05) is 30.8 Å². The van der Waals surface area contributed by atoms with Crippen LogP contribution in [0.5, 0.6) is 0 Å². The van der Waals surface area contributed by atoms with E-state index in [0.717, 1.165) is 63.1 Å². The summed E-state index contributed by atoms with van der Waals surface area (Å²) in [7, 11) is 0. The van der Waals surface area contributed by atoms with Crippen LogP contribution in [0.2, 0.25) is 0 Å². The van der Waals surface area contributed by atoms with Crippen LogP contribution in [-0.4, -0.2) is 46.2 Å². The molecule has 2 fully saturated rings. The fourth-order valence-electron chi connectivity index (χ4n) is 4.28. The van der Waals surface area contributed by atoms with Crippen molar-refractivity contribution in [3.63, 3.8) is 0 Å². The van der Waals surface area contributed by atoms with Crippen molar-refractivity contribution in [1.82, 2.24) is 19.9 Å². The molecule has 0 amide bonds. The molecule has 5 heterocycles. The van der Waals surface area contributed by atoms with Gasteiger partial charge < -0.3 is 15.4 Å². The summed E-state index contributed by atoms with van der Waals surface area (Å²) >= 11 is 0.872. The summed E-state index contributed by atoms with van der Waals surface area (Å²) in [6.07, 6.45) is 1.57. The molecule has 0 aromatic carbocycles. The van der Waals surface area contributed by atoms with E-state index >= 15 is 0 Å². The van der Waals surface area contributed by atoms with Crippen LogP contribution in [0.1, 0.15) is 38.7 Å². The Morgan fingerprint density at radius 2 is 1.82 bits per heavy atom. The number of aromatic nitrogens is 4.